The second-order valence-electron chi connectivity index (χ2n) is 13.0. The van der Waals surface area contributed by atoms with Crippen LogP contribution in [0, 0.1) is 17.2 Å². The number of carbonyl (C=O) groups excluding carboxylic acids is 1. The zero-order valence-electron chi connectivity index (χ0n) is 27.2. The van der Waals surface area contributed by atoms with Crippen LogP contribution >= 0.6 is 0 Å². The number of benzene rings is 1. The molecule has 2 fully saturated rings. The lowest BCUT2D eigenvalue weighted by atomic mass is 9.76. The van der Waals surface area contributed by atoms with Crippen molar-refractivity contribution in [1.29, 1.82) is 0 Å². The minimum Gasteiger partial charge on any atom is -0.435 e. The van der Waals surface area contributed by atoms with Crippen LogP contribution in [0.2, 0.25) is 0 Å². The third-order valence-electron chi connectivity index (χ3n) is 9.08. The minimum atomic E-state index is -0.483. The molecule has 2 aliphatic heterocycles. The summed E-state index contributed by atoms with van der Waals surface area (Å²) in [4.78, 5) is 22.4. The number of likely N-dealkylation sites (tertiary alicyclic amines) is 1. The average molecular weight is 599 g/mol. The molecule has 2 aliphatic rings. The fraction of sp³-hybridized carbons (Fsp3) is 0.667. The molecular formula is C33H51FN6O3. The Morgan fingerprint density at radius 3 is 2.58 bits per heavy atom. The maximum Gasteiger partial charge on any atom is 0.262 e. The molecule has 1 amide bonds. The highest BCUT2D eigenvalue weighted by Gasteiger charge is 2.50. The molecule has 0 saturated carbocycles. The number of likely N-dealkylation sites (N-methyl/N-ethyl adjacent to an activating group) is 1. The Kier molecular flexibility index (Phi) is 11.4. The van der Waals surface area contributed by atoms with Gasteiger partial charge in [0.1, 0.15) is 17.3 Å². The number of carbonyl (C=O) groups is 1. The number of halogens is 1. The highest BCUT2D eigenvalue weighted by molar-refractivity contribution is 5.97. The van der Waals surface area contributed by atoms with Gasteiger partial charge in [-0.2, -0.15) is 5.10 Å². The molecule has 0 N–H and O–H groups in total. The highest BCUT2D eigenvalue weighted by Crippen LogP contribution is 2.45. The number of hydrogen-bond acceptors (Lipinski definition) is 8. The zero-order valence-corrected chi connectivity index (χ0v) is 27.2. The molecule has 4 rings (SSSR count). The van der Waals surface area contributed by atoms with Crippen LogP contribution in [0.4, 0.5) is 10.1 Å². The van der Waals surface area contributed by atoms with Gasteiger partial charge in [0.25, 0.3) is 11.8 Å². The van der Waals surface area contributed by atoms with Gasteiger partial charge in [-0.3, -0.25) is 9.69 Å². The molecule has 0 aliphatic carbocycles. The number of nitrogens with zero attached hydrogens (tertiary/aromatic N) is 6. The van der Waals surface area contributed by atoms with Crippen LogP contribution in [0.1, 0.15) is 64.2 Å². The first kappa shape index (κ1) is 33.1. The van der Waals surface area contributed by atoms with Crippen LogP contribution < -0.4 is 9.64 Å². The maximum atomic E-state index is 14.3. The van der Waals surface area contributed by atoms with E-state index in [1.807, 2.05) is 26.8 Å². The molecule has 10 heteroatoms. The van der Waals surface area contributed by atoms with Crippen molar-refractivity contribution in [1.82, 2.24) is 24.9 Å². The number of hydrogen-bond donors (Lipinski definition) is 0. The molecule has 0 radical (unpaired) electrons. The molecule has 1 atom stereocenters. The summed E-state index contributed by atoms with van der Waals surface area (Å²) in [6.07, 6.45) is 5.16. The summed E-state index contributed by atoms with van der Waals surface area (Å²) in [5.74, 6) is 0.470. The number of methoxy groups -OCH3 is 1. The maximum absolute atomic E-state index is 14.3. The van der Waals surface area contributed by atoms with E-state index >= 15 is 0 Å². The van der Waals surface area contributed by atoms with Gasteiger partial charge >= 0.3 is 0 Å². The molecule has 1 spiro atoms. The van der Waals surface area contributed by atoms with Crippen molar-refractivity contribution in [2.45, 2.75) is 66.0 Å². The van der Waals surface area contributed by atoms with Crippen LogP contribution in [0.5, 0.6) is 11.6 Å². The van der Waals surface area contributed by atoms with E-state index in [2.05, 4.69) is 45.8 Å². The molecule has 1 aromatic heterocycles. The standard InChI is InChI=1S/C33H51FN6O3/c1-8-40(25(4)5)32(41)27-20-26(34)11-12-30(27)43-31-29(13-15-35-36-31)38-17-14-33(21-38)22-39(23-33)28(24(2)3)10-9-16-37(6)18-19-42-7/h11-13,15,20,24-25,28H,8-10,14,16-19,21-23H2,1-7H3/t28-/m1/s1. The first-order valence-electron chi connectivity index (χ1n) is 15.8. The predicted octanol–water partition coefficient (Wildman–Crippen LogP) is 5.17. The molecule has 2 saturated heterocycles. The largest absolute Gasteiger partial charge is 0.435 e. The van der Waals surface area contributed by atoms with Crippen molar-refractivity contribution in [3.05, 3.63) is 41.8 Å². The molecule has 2 aromatic rings. The van der Waals surface area contributed by atoms with E-state index in [-0.39, 0.29) is 28.7 Å². The van der Waals surface area contributed by atoms with Crippen molar-refractivity contribution in [2.75, 3.05) is 71.5 Å². The zero-order chi connectivity index (χ0) is 31.1. The smallest absolute Gasteiger partial charge is 0.262 e. The van der Waals surface area contributed by atoms with Crippen molar-refractivity contribution in [2.24, 2.45) is 11.3 Å². The van der Waals surface area contributed by atoms with Crippen LogP contribution in [0.25, 0.3) is 0 Å². The quantitative estimate of drug-likeness (QED) is 0.278. The third kappa shape index (κ3) is 8.02. The van der Waals surface area contributed by atoms with E-state index < -0.39 is 5.82 Å². The molecule has 43 heavy (non-hydrogen) atoms. The Morgan fingerprint density at radius 2 is 1.91 bits per heavy atom. The van der Waals surface area contributed by atoms with Gasteiger partial charge in [0.05, 0.1) is 18.4 Å². The van der Waals surface area contributed by atoms with Gasteiger partial charge in [0, 0.05) is 63.9 Å². The van der Waals surface area contributed by atoms with E-state index in [9.17, 15) is 9.18 Å². The summed E-state index contributed by atoms with van der Waals surface area (Å²) in [5, 5.41) is 8.39. The average Bonchev–Trinajstić information content (AvgIpc) is 3.40. The predicted molar refractivity (Wildman–Crippen MR) is 168 cm³/mol. The van der Waals surface area contributed by atoms with Crippen molar-refractivity contribution in [3.63, 3.8) is 0 Å². The summed E-state index contributed by atoms with van der Waals surface area (Å²) in [7, 11) is 3.92. The topological polar surface area (TPSA) is 74.3 Å². The monoisotopic (exact) mass is 598 g/mol. The van der Waals surface area contributed by atoms with E-state index in [4.69, 9.17) is 9.47 Å². The van der Waals surface area contributed by atoms with Gasteiger partial charge in [-0.1, -0.05) is 13.8 Å². The molecular weight excluding hydrogens is 547 g/mol. The van der Waals surface area contributed by atoms with Crippen LogP contribution in [-0.2, 0) is 4.74 Å². The SMILES string of the molecule is CCN(C(=O)c1cc(F)ccc1Oc1nnccc1N1CCC2(C1)CN([C@H](CCCN(C)CCOC)C(C)C)C2)C(C)C. The van der Waals surface area contributed by atoms with Crippen LogP contribution in [0.15, 0.2) is 30.5 Å². The van der Waals surface area contributed by atoms with E-state index in [0.29, 0.717) is 24.4 Å². The van der Waals surface area contributed by atoms with Crippen molar-refractivity contribution < 1.29 is 18.7 Å². The Labute approximate surface area is 257 Å². The Hall–Kier alpha value is -2.82. The molecule has 3 heterocycles. The summed E-state index contributed by atoms with van der Waals surface area (Å²) in [5.41, 5.74) is 1.28. The number of amides is 1. The second-order valence-corrected chi connectivity index (χ2v) is 13.0. The fourth-order valence-corrected chi connectivity index (χ4v) is 6.70. The van der Waals surface area contributed by atoms with Crippen molar-refractivity contribution >= 4 is 11.6 Å². The minimum absolute atomic E-state index is 0.0268. The van der Waals surface area contributed by atoms with E-state index in [1.165, 1.54) is 31.0 Å². The molecule has 9 nitrogen and oxygen atoms in total. The normalized spacial score (nSPS) is 17.2. The van der Waals surface area contributed by atoms with Gasteiger partial charge in [-0.25, -0.2) is 4.39 Å². The Balaban J connectivity index is 1.42. The molecule has 0 unspecified atom stereocenters. The van der Waals surface area contributed by atoms with Gasteiger partial charge in [-0.15, -0.1) is 5.10 Å². The lowest BCUT2D eigenvalue weighted by Crippen LogP contribution is -2.62. The number of rotatable bonds is 15. The fourth-order valence-electron chi connectivity index (χ4n) is 6.70. The van der Waals surface area contributed by atoms with Crippen LogP contribution in [0.3, 0.4) is 0 Å². The molecule has 0 bridgehead atoms. The summed E-state index contributed by atoms with van der Waals surface area (Å²) in [6, 6.07) is 6.54. The lowest BCUT2D eigenvalue weighted by Gasteiger charge is -2.53. The van der Waals surface area contributed by atoms with E-state index in [1.54, 1.807) is 18.2 Å². The van der Waals surface area contributed by atoms with Crippen LogP contribution in [-0.4, -0.2) is 109 Å². The number of anilines is 1. The summed E-state index contributed by atoms with van der Waals surface area (Å²) in [6.45, 7) is 17.8. The summed E-state index contributed by atoms with van der Waals surface area (Å²) < 4.78 is 25.8. The molecule has 1 aromatic carbocycles. The van der Waals surface area contributed by atoms with Gasteiger partial charge in [0.15, 0.2) is 0 Å². The summed E-state index contributed by atoms with van der Waals surface area (Å²) >= 11 is 0. The van der Waals surface area contributed by atoms with Gasteiger partial charge in [0.2, 0.25) is 0 Å². The van der Waals surface area contributed by atoms with E-state index in [0.717, 1.165) is 58.0 Å². The first-order valence-corrected chi connectivity index (χ1v) is 15.8. The Morgan fingerprint density at radius 1 is 1.14 bits per heavy atom. The lowest BCUT2D eigenvalue weighted by molar-refractivity contribution is -0.0344. The number of aromatic nitrogens is 2. The second kappa shape index (κ2) is 14.8. The number of ether oxygens (including phenoxy) is 2. The Bertz CT molecular complexity index is 1200. The van der Waals surface area contributed by atoms with Gasteiger partial charge < -0.3 is 24.2 Å². The first-order chi connectivity index (χ1) is 20.6. The third-order valence-corrected chi connectivity index (χ3v) is 9.08. The van der Waals surface area contributed by atoms with Crippen molar-refractivity contribution in [3.8, 4) is 11.6 Å². The van der Waals surface area contributed by atoms with Gasteiger partial charge in [-0.05, 0) is 83.8 Å². The molecule has 238 valence electrons. The highest BCUT2D eigenvalue weighted by atomic mass is 19.1.